The van der Waals surface area contributed by atoms with E-state index in [1.165, 1.54) is 4.57 Å². The maximum absolute atomic E-state index is 12.7. The van der Waals surface area contributed by atoms with Gasteiger partial charge in [0.1, 0.15) is 21.0 Å². The highest BCUT2D eigenvalue weighted by atomic mass is 32.1. The van der Waals surface area contributed by atoms with E-state index in [-0.39, 0.29) is 28.2 Å². The molecular formula is C21H19N3O4S. The van der Waals surface area contributed by atoms with E-state index in [1.54, 1.807) is 38.2 Å². The molecule has 0 aliphatic carbocycles. The number of carbonyl (C=O) groups excluding carboxylic acids is 1. The number of nitriles is 1. The van der Waals surface area contributed by atoms with Gasteiger partial charge in [0.05, 0.1) is 6.61 Å². The molecule has 29 heavy (non-hydrogen) atoms. The number of phenolic OH excluding ortho intramolecular Hbond substituents is 1. The Balaban J connectivity index is 2.14. The third-order valence-corrected chi connectivity index (χ3v) is 5.38. The van der Waals surface area contributed by atoms with Crippen molar-refractivity contribution in [1.29, 1.82) is 5.26 Å². The van der Waals surface area contributed by atoms with Crippen LogP contribution in [0.3, 0.4) is 0 Å². The fraction of sp³-hybridized carbons (Fsp3) is 0.190. The first-order valence-corrected chi connectivity index (χ1v) is 9.81. The predicted molar refractivity (Wildman–Crippen MR) is 113 cm³/mol. The first-order valence-electron chi connectivity index (χ1n) is 8.99. The maximum Gasteiger partial charge on any atom is 0.351 e. The van der Waals surface area contributed by atoms with Crippen LogP contribution in [0.4, 0.5) is 5.69 Å². The second-order valence-electron chi connectivity index (χ2n) is 6.03. The van der Waals surface area contributed by atoms with Crippen LogP contribution >= 0.6 is 11.3 Å². The molecule has 0 aliphatic rings. The van der Waals surface area contributed by atoms with Crippen LogP contribution in [0.5, 0.6) is 5.75 Å². The highest BCUT2D eigenvalue weighted by molar-refractivity contribution is 7.07. The third kappa shape index (κ3) is 4.00. The number of thiazole rings is 1. The molecule has 2 aromatic carbocycles. The summed E-state index contributed by atoms with van der Waals surface area (Å²) >= 11 is 1.05. The second kappa shape index (κ2) is 8.63. The number of rotatable bonds is 5. The fourth-order valence-electron chi connectivity index (χ4n) is 2.91. The Morgan fingerprint density at radius 3 is 2.83 bits per heavy atom. The number of fused-ring (bicyclic) bond motifs is 1. The lowest BCUT2D eigenvalue weighted by Gasteiger charge is -2.06. The number of benzene rings is 2. The molecule has 148 valence electrons. The van der Waals surface area contributed by atoms with E-state index in [1.807, 2.05) is 24.3 Å². The molecule has 0 radical (unpaired) electrons. The van der Waals surface area contributed by atoms with E-state index < -0.39 is 5.97 Å². The SMILES string of the molecule is CCOC(=O)/C(C#N)=c1\s/c(=C/Nc2cccc3ccc(O)cc23)c(=O)n1CC. The van der Waals surface area contributed by atoms with Gasteiger partial charge in [-0.25, -0.2) is 4.79 Å². The number of carbonyl (C=O) groups is 1. The minimum atomic E-state index is -0.748. The van der Waals surface area contributed by atoms with Crippen LogP contribution in [0.15, 0.2) is 41.2 Å². The van der Waals surface area contributed by atoms with Crippen LogP contribution < -0.4 is 20.1 Å². The number of anilines is 1. The topological polar surface area (TPSA) is 104 Å². The maximum atomic E-state index is 12.7. The van der Waals surface area contributed by atoms with Gasteiger partial charge >= 0.3 is 5.97 Å². The molecule has 3 aromatic rings. The first kappa shape index (κ1) is 20.2. The van der Waals surface area contributed by atoms with Gasteiger partial charge in [-0.3, -0.25) is 9.36 Å². The van der Waals surface area contributed by atoms with E-state index >= 15 is 0 Å². The first-order chi connectivity index (χ1) is 14.0. The predicted octanol–water partition coefficient (Wildman–Crippen LogP) is 1.88. The van der Waals surface area contributed by atoms with Gasteiger partial charge < -0.3 is 15.2 Å². The monoisotopic (exact) mass is 409 g/mol. The zero-order valence-corrected chi connectivity index (χ0v) is 16.7. The number of aromatic hydroxyl groups is 1. The van der Waals surface area contributed by atoms with Crippen molar-refractivity contribution < 1.29 is 14.6 Å². The second-order valence-corrected chi connectivity index (χ2v) is 7.06. The Morgan fingerprint density at radius 1 is 1.34 bits per heavy atom. The minimum absolute atomic E-state index is 0.139. The summed E-state index contributed by atoms with van der Waals surface area (Å²) in [6, 6.07) is 12.5. The Hall–Kier alpha value is -3.57. The van der Waals surface area contributed by atoms with E-state index in [0.29, 0.717) is 16.8 Å². The molecule has 0 amide bonds. The van der Waals surface area contributed by atoms with E-state index in [2.05, 4.69) is 5.32 Å². The molecule has 0 unspecified atom stereocenters. The highest BCUT2D eigenvalue weighted by Crippen LogP contribution is 2.26. The van der Waals surface area contributed by atoms with Gasteiger partial charge in [-0.1, -0.05) is 18.2 Å². The van der Waals surface area contributed by atoms with Crippen molar-refractivity contribution in [3.8, 4) is 11.8 Å². The van der Waals surface area contributed by atoms with Crippen molar-refractivity contribution in [3.63, 3.8) is 0 Å². The van der Waals surface area contributed by atoms with Crippen molar-refractivity contribution in [2.24, 2.45) is 0 Å². The number of nitrogens with one attached hydrogen (secondary N) is 1. The molecule has 0 aliphatic heterocycles. The van der Waals surface area contributed by atoms with Crippen LogP contribution in [0.25, 0.3) is 22.5 Å². The third-order valence-electron chi connectivity index (χ3n) is 4.25. The minimum Gasteiger partial charge on any atom is -0.508 e. The van der Waals surface area contributed by atoms with Gasteiger partial charge in [0.25, 0.3) is 5.56 Å². The molecule has 0 spiro atoms. The van der Waals surface area contributed by atoms with Gasteiger partial charge in [-0.15, -0.1) is 11.3 Å². The fourth-order valence-corrected chi connectivity index (χ4v) is 3.98. The average Bonchev–Trinajstić information content (AvgIpc) is 3.02. The van der Waals surface area contributed by atoms with E-state index in [4.69, 9.17) is 4.74 Å². The number of phenols is 1. The number of ether oxygens (including phenoxy) is 1. The number of esters is 1. The summed E-state index contributed by atoms with van der Waals surface area (Å²) in [6.07, 6.45) is 1.54. The molecule has 0 saturated heterocycles. The van der Waals surface area contributed by atoms with Crippen LogP contribution in [0.2, 0.25) is 0 Å². The van der Waals surface area contributed by atoms with Gasteiger partial charge in [0.15, 0.2) is 5.57 Å². The lowest BCUT2D eigenvalue weighted by Crippen LogP contribution is -2.32. The molecule has 0 atom stereocenters. The summed E-state index contributed by atoms with van der Waals surface area (Å²) in [5.74, 6) is -0.608. The van der Waals surface area contributed by atoms with Gasteiger partial charge in [0, 0.05) is 23.8 Å². The summed E-state index contributed by atoms with van der Waals surface area (Å²) in [6.45, 7) is 3.87. The molecule has 2 N–H and O–H groups in total. The molecule has 3 rings (SSSR count). The number of hydrogen-bond donors (Lipinski definition) is 2. The van der Waals surface area contributed by atoms with E-state index in [9.17, 15) is 20.0 Å². The zero-order chi connectivity index (χ0) is 21.0. The highest BCUT2D eigenvalue weighted by Gasteiger charge is 2.16. The summed E-state index contributed by atoms with van der Waals surface area (Å²) < 4.78 is 6.92. The number of nitrogens with zero attached hydrogens (tertiary/aromatic N) is 2. The van der Waals surface area contributed by atoms with Gasteiger partial charge in [-0.05, 0) is 37.4 Å². The summed E-state index contributed by atoms with van der Waals surface area (Å²) in [5.41, 5.74) is 0.219. The standard InChI is InChI=1S/C21H19N3O4S/c1-3-24-19(26)18(29-20(24)16(11-22)21(27)28-4-2)12-23-17-7-5-6-13-8-9-14(25)10-15(13)17/h5-10,12,23,25H,3-4H2,1-2H3/b18-12+,20-16-. The van der Waals surface area contributed by atoms with Crippen LogP contribution in [0, 0.1) is 11.3 Å². The molecule has 1 heterocycles. The number of aromatic nitrogens is 1. The summed E-state index contributed by atoms with van der Waals surface area (Å²) in [5, 5.41) is 24.0. The smallest absolute Gasteiger partial charge is 0.351 e. The zero-order valence-electron chi connectivity index (χ0n) is 15.9. The Bertz CT molecular complexity index is 1300. The van der Waals surface area contributed by atoms with Crippen molar-refractivity contribution in [2.75, 3.05) is 11.9 Å². The largest absolute Gasteiger partial charge is 0.508 e. The molecule has 7 nitrogen and oxygen atoms in total. The molecule has 0 bridgehead atoms. The van der Waals surface area contributed by atoms with Crippen LogP contribution in [-0.2, 0) is 16.1 Å². The summed E-state index contributed by atoms with van der Waals surface area (Å²) in [7, 11) is 0. The lowest BCUT2D eigenvalue weighted by molar-refractivity contribution is -0.136. The van der Waals surface area contributed by atoms with Crippen LogP contribution in [-0.4, -0.2) is 22.2 Å². The van der Waals surface area contributed by atoms with Crippen molar-refractivity contribution in [2.45, 2.75) is 20.4 Å². The van der Waals surface area contributed by atoms with E-state index in [0.717, 1.165) is 22.1 Å². The van der Waals surface area contributed by atoms with Gasteiger partial charge in [0.2, 0.25) is 0 Å². The van der Waals surface area contributed by atoms with Crippen molar-refractivity contribution >= 4 is 45.5 Å². The molecule has 0 fully saturated rings. The Kier molecular flexibility index (Phi) is 6.00. The molecule has 0 saturated carbocycles. The molecular weight excluding hydrogens is 390 g/mol. The van der Waals surface area contributed by atoms with Crippen molar-refractivity contribution in [1.82, 2.24) is 4.57 Å². The molecule has 1 aromatic heterocycles. The normalized spacial score (nSPS) is 12.5. The van der Waals surface area contributed by atoms with Crippen LogP contribution in [0.1, 0.15) is 13.8 Å². The Morgan fingerprint density at radius 2 is 2.14 bits per heavy atom. The van der Waals surface area contributed by atoms with Gasteiger partial charge in [-0.2, -0.15) is 5.26 Å². The quantitative estimate of drug-likeness (QED) is 0.624. The van der Waals surface area contributed by atoms with Crippen molar-refractivity contribution in [3.05, 3.63) is 55.9 Å². The average molecular weight is 409 g/mol. The molecule has 8 heteroatoms. The number of hydrogen-bond acceptors (Lipinski definition) is 7. The Labute approximate surface area is 170 Å². The lowest BCUT2D eigenvalue weighted by atomic mass is 10.1. The summed E-state index contributed by atoms with van der Waals surface area (Å²) in [4.78, 5) is 24.8.